The van der Waals surface area contributed by atoms with Crippen molar-refractivity contribution in [3.8, 4) is 0 Å². The molecule has 2 N–H and O–H groups in total. The maximum atomic E-state index is 5.72. The zero-order valence-electron chi connectivity index (χ0n) is 12.8. The van der Waals surface area contributed by atoms with Crippen LogP contribution in [0.25, 0.3) is 0 Å². The molecule has 0 amide bonds. The summed E-state index contributed by atoms with van der Waals surface area (Å²) in [7, 11) is 1.78. The molecule has 0 aliphatic heterocycles. The zero-order valence-corrected chi connectivity index (χ0v) is 12.8. The van der Waals surface area contributed by atoms with E-state index >= 15 is 0 Å². The third-order valence-corrected chi connectivity index (χ3v) is 4.37. The predicted molar refractivity (Wildman–Crippen MR) is 83.7 cm³/mol. The SMILES string of the molecule is COCCN(Cc1ccccc1CCN)C(C)C1CC1. The van der Waals surface area contributed by atoms with Gasteiger partial charge in [0.05, 0.1) is 6.61 Å². The maximum Gasteiger partial charge on any atom is 0.0589 e. The lowest BCUT2D eigenvalue weighted by atomic mass is 10.0. The van der Waals surface area contributed by atoms with Crippen LogP contribution in [0.1, 0.15) is 30.9 Å². The van der Waals surface area contributed by atoms with Crippen molar-refractivity contribution in [2.75, 3.05) is 26.8 Å². The highest BCUT2D eigenvalue weighted by molar-refractivity contribution is 5.27. The van der Waals surface area contributed by atoms with Gasteiger partial charge >= 0.3 is 0 Å². The van der Waals surface area contributed by atoms with Crippen molar-refractivity contribution in [1.29, 1.82) is 0 Å². The van der Waals surface area contributed by atoms with Gasteiger partial charge in [-0.15, -0.1) is 0 Å². The number of nitrogens with two attached hydrogens (primary N) is 1. The first kappa shape index (κ1) is 15.5. The Balaban J connectivity index is 2.05. The fraction of sp³-hybridized carbons (Fsp3) is 0.647. The van der Waals surface area contributed by atoms with E-state index in [1.807, 2.05) is 0 Å². The second-order valence-electron chi connectivity index (χ2n) is 5.85. The summed E-state index contributed by atoms with van der Waals surface area (Å²) < 4.78 is 5.28. The van der Waals surface area contributed by atoms with Gasteiger partial charge in [-0.25, -0.2) is 0 Å². The predicted octanol–water partition coefficient (Wildman–Crippen LogP) is 2.43. The van der Waals surface area contributed by atoms with Crippen molar-refractivity contribution in [3.05, 3.63) is 35.4 Å². The third kappa shape index (κ3) is 4.30. The van der Waals surface area contributed by atoms with Crippen LogP contribution >= 0.6 is 0 Å². The lowest BCUT2D eigenvalue weighted by Gasteiger charge is -2.30. The number of methoxy groups -OCH3 is 1. The van der Waals surface area contributed by atoms with Crippen LogP contribution in [0.5, 0.6) is 0 Å². The standard InChI is InChI=1S/C17H28N2O/c1-14(15-7-8-15)19(11-12-20-2)13-17-6-4-3-5-16(17)9-10-18/h3-6,14-15H,7-13,18H2,1-2H3. The molecular formula is C17H28N2O. The molecule has 2 rings (SSSR count). The minimum absolute atomic E-state index is 0.649. The molecule has 1 saturated carbocycles. The monoisotopic (exact) mass is 276 g/mol. The Morgan fingerprint density at radius 3 is 2.60 bits per heavy atom. The Morgan fingerprint density at radius 2 is 2.00 bits per heavy atom. The molecule has 20 heavy (non-hydrogen) atoms. The van der Waals surface area contributed by atoms with Crippen LogP contribution in [0.4, 0.5) is 0 Å². The van der Waals surface area contributed by atoms with E-state index in [-0.39, 0.29) is 0 Å². The van der Waals surface area contributed by atoms with Gasteiger partial charge < -0.3 is 10.5 Å². The molecule has 0 radical (unpaired) electrons. The number of benzene rings is 1. The van der Waals surface area contributed by atoms with Crippen LogP contribution in [0, 0.1) is 5.92 Å². The van der Waals surface area contributed by atoms with Gasteiger partial charge in [-0.1, -0.05) is 24.3 Å². The molecule has 1 aliphatic rings. The van der Waals surface area contributed by atoms with Crippen LogP contribution in [-0.2, 0) is 17.7 Å². The molecule has 3 nitrogen and oxygen atoms in total. The summed E-state index contributed by atoms with van der Waals surface area (Å²) in [6, 6.07) is 9.34. The summed E-state index contributed by atoms with van der Waals surface area (Å²) in [5.41, 5.74) is 8.53. The molecule has 3 heteroatoms. The molecule has 0 aromatic heterocycles. The quantitative estimate of drug-likeness (QED) is 0.753. The van der Waals surface area contributed by atoms with Crippen molar-refractivity contribution >= 4 is 0 Å². The van der Waals surface area contributed by atoms with E-state index in [9.17, 15) is 0 Å². The van der Waals surface area contributed by atoms with Crippen molar-refractivity contribution < 1.29 is 4.74 Å². The first-order valence-corrected chi connectivity index (χ1v) is 7.76. The molecular weight excluding hydrogens is 248 g/mol. The van der Waals surface area contributed by atoms with Gasteiger partial charge in [0, 0.05) is 26.2 Å². The van der Waals surface area contributed by atoms with E-state index in [2.05, 4.69) is 36.1 Å². The molecule has 1 atom stereocenters. The number of ether oxygens (including phenoxy) is 1. The summed E-state index contributed by atoms with van der Waals surface area (Å²) in [5, 5.41) is 0. The van der Waals surface area contributed by atoms with Crippen molar-refractivity contribution in [2.45, 2.75) is 38.8 Å². The largest absolute Gasteiger partial charge is 0.383 e. The molecule has 1 aromatic rings. The number of hydrogen-bond acceptors (Lipinski definition) is 3. The molecule has 0 saturated heterocycles. The van der Waals surface area contributed by atoms with Crippen molar-refractivity contribution in [3.63, 3.8) is 0 Å². The van der Waals surface area contributed by atoms with Gasteiger partial charge in [0.25, 0.3) is 0 Å². The molecule has 0 spiro atoms. The Kier molecular flexibility index (Phi) is 6.02. The number of rotatable bonds is 9. The Hall–Kier alpha value is -0.900. The molecule has 1 aromatic carbocycles. The van der Waals surface area contributed by atoms with Crippen LogP contribution in [-0.4, -0.2) is 37.7 Å². The van der Waals surface area contributed by atoms with Crippen molar-refractivity contribution in [2.24, 2.45) is 11.7 Å². The van der Waals surface area contributed by atoms with E-state index in [1.54, 1.807) is 7.11 Å². The first-order chi connectivity index (χ1) is 9.76. The second-order valence-corrected chi connectivity index (χ2v) is 5.85. The van der Waals surface area contributed by atoms with Crippen LogP contribution < -0.4 is 5.73 Å². The van der Waals surface area contributed by atoms with Crippen LogP contribution in [0.3, 0.4) is 0 Å². The molecule has 1 unspecified atom stereocenters. The summed E-state index contributed by atoms with van der Waals surface area (Å²) in [6.07, 6.45) is 3.73. The van der Waals surface area contributed by atoms with Crippen molar-refractivity contribution in [1.82, 2.24) is 4.90 Å². The fourth-order valence-electron chi connectivity index (χ4n) is 2.84. The summed E-state index contributed by atoms with van der Waals surface area (Å²) in [4.78, 5) is 2.57. The van der Waals surface area contributed by atoms with E-state index in [1.165, 1.54) is 24.0 Å². The summed E-state index contributed by atoms with van der Waals surface area (Å²) in [6.45, 7) is 5.89. The van der Waals surface area contributed by atoms with Gasteiger partial charge in [-0.2, -0.15) is 0 Å². The Bertz CT molecular complexity index is 404. The van der Waals surface area contributed by atoms with E-state index in [0.717, 1.165) is 32.0 Å². The topological polar surface area (TPSA) is 38.5 Å². The lowest BCUT2D eigenvalue weighted by Crippen LogP contribution is -2.37. The van der Waals surface area contributed by atoms with Gasteiger partial charge in [0.15, 0.2) is 0 Å². The average Bonchev–Trinajstić information content (AvgIpc) is 3.29. The molecule has 1 aliphatic carbocycles. The highest BCUT2D eigenvalue weighted by Gasteiger charge is 2.31. The molecule has 112 valence electrons. The molecule has 0 bridgehead atoms. The highest BCUT2D eigenvalue weighted by atomic mass is 16.5. The Labute approximate surface area is 123 Å². The fourth-order valence-corrected chi connectivity index (χ4v) is 2.84. The summed E-state index contributed by atoms with van der Waals surface area (Å²) >= 11 is 0. The smallest absolute Gasteiger partial charge is 0.0589 e. The van der Waals surface area contributed by atoms with Gasteiger partial charge in [-0.05, 0) is 49.8 Å². The minimum Gasteiger partial charge on any atom is -0.383 e. The normalized spacial score (nSPS) is 16.6. The summed E-state index contributed by atoms with van der Waals surface area (Å²) in [5.74, 6) is 0.883. The van der Waals surface area contributed by atoms with E-state index in [0.29, 0.717) is 12.6 Å². The zero-order chi connectivity index (χ0) is 14.4. The highest BCUT2D eigenvalue weighted by Crippen LogP contribution is 2.35. The number of hydrogen-bond donors (Lipinski definition) is 1. The van der Waals surface area contributed by atoms with Gasteiger partial charge in [0.2, 0.25) is 0 Å². The first-order valence-electron chi connectivity index (χ1n) is 7.76. The minimum atomic E-state index is 0.649. The Morgan fingerprint density at radius 1 is 1.30 bits per heavy atom. The lowest BCUT2D eigenvalue weighted by molar-refractivity contribution is 0.111. The average molecular weight is 276 g/mol. The van der Waals surface area contributed by atoms with Gasteiger partial charge in [-0.3, -0.25) is 4.90 Å². The van der Waals surface area contributed by atoms with E-state index < -0.39 is 0 Å². The third-order valence-electron chi connectivity index (χ3n) is 4.37. The van der Waals surface area contributed by atoms with E-state index in [4.69, 9.17) is 10.5 Å². The molecule has 0 heterocycles. The molecule has 1 fully saturated rings. The maximum absolute atomic E-state index is 5.72. The van der Waals surface area contributed by atoms with Crippen LogP contribution in [0.15, 0.2) is 24.3 Å². The number of nitrogens with zero attached hydrogens (tertiary/aromatic N) is 1. The van der Waals surface area contributed by atoms with Crippen LogP contribution in [0.2, 0.25) is 0 Å². The second kappa shape index (κ2) is 7.77. The van der Waals surface area contributed by atoms with Gasteiger partial charge in [0.1, 0.15) is 0 Å².